The normalized spacial score (nSPS) is 22.9. The molecule has 3 nitrogen and oxygen atoms in total. The number of nitrogens with one attached hydrogen (secondary N) is 1. The lowest BCUT2D eigenvalue weighted by atomic mass is 9.98. The molecule has 1 aromatic rings. The van der Waals surface area contributed by atoms with Crippen LogP contribution < -0.4 is 10.2 Å². The Balaban J connectivity index is 1.85. The van der Waals surface area contributed by atoms with E-state index in [0.29, 0.717) is 6.04 Å². The molecule has 3 rings (SSSR count). The zero-order chi connectivity index (χ0) is 12.5. The van der Waals surface area contributed by atoms with Crippen LogP contribution in [-0.2, 0) is 6.42 Å². The van der Waals surface area contributed by atoms with E-state index in [1.54, 1.807) is 0 Å². The first-order valence-electron chi connectivity index (χ1n) is 7.33. The Morgan fingerprint density at radius 2 is 2.17 bits per heavy atom. The Morgan fingerprint density at radius 3 is 2.83 bits per heavy atom. The highest BCUT2D eigenvalue weighted by atomic mass is 32.1. The van der Waals surface area contributed by atoms with Crippen molar-refractivity contribution in [2.75, 3.05) is 18.0 Å². The van der Waals surface area contributed by atoms with Gasteiger partial charge >= 0.3 is 0 Å². The minimum Gasteiger partial charge on any atom is -0.345 e. The van der Waals surface area contributed by atoms with Crippen LogP contribution in [0, 0.1) is 0 Å². The van der Waals surface area contributed by atoms with Crippen LogP contribution in [0.5, 0.6) is 0 Å². The van der Waals surface area contributed by atoms with E-state index in [-0.39, 0.29) is 0 Å². The van der Waals surface area contributed by atoms with Crippen LogP contribution in [0.2, 0.25) is 0 Å². The van der Waals surface area contributed by atoms with E-state index in [9.17, 15) is 0 Å². The molecule has 0 amide bonds. The van der Waals surface area contributed by atoms with Crippen molar-refractivity contribution in [2.45, 2.75) is 58.0 Å². The van der Waals surface area contributed by atoms with Crippen molar-refractivity contribution < 1.29 is 0 Å². The average Bonchev–Trinajstić information content (AvgIpc) is 3.10. The zero-order valence-corrected chi connectivity index (χ0v) is 12.2. The van der Waals surface area contributed by atoms with E-state index in [4.69, 9.17) is 4.98 Å². The molecule has 2 aliphatic rings. The summed E-state index contributed by atoms with van der Waals surface area (Å²) in [5.74, 6) is 0. The molecule has 100 valence electrons. The summed E-state index contributed by atoms with van der Waals surface area (Å²) in [7, 11) is 0. The Hall–Kier alpha value is -0.610. The summed E-state index contributed by atoms with van der Waals surface area (Å²) in [6.45, 7) is 6.60. The maximum atomic E-state index is 4.92. The van der Waals surface area contributed by atoms with Gasteiger partial charge in [0.1, 0.15) is 0 Å². The average molecular weight is 265 g/mol. The SMILES string of the molecule is CCNC1CCCc2nc(N(CC)C3CC3)sc21. The van der Waals surface area contributed by atoms with Crippen LogP contribution in [0.4, 0.5) is 5.13 Å². The highest BCUT2D eigenvalue weighted by Crippen LogP contribution is 2.40. The Kier molecular flexibility index (Phi) is 3.57. The fourth-order valence-electron chi connectivity index (χ4n) is 2.91. The Morgan fingerprint density at radius 1 is 1.33 bits per heavy atom. The van der Waals surface area contributed by atoms with E-state index in [2.05, 4.69) is 24.1 Å². The van der Waals surface area contributed by atoms with E-state index in [1.165, 1.54) is 47.8 Å². The van der Waals surface area contributed by atoms with Gasteiger partial charge in [-0.2, -0.15) is 0 Å². The van der Waals surface area contributed by atoms with Crippen LogP contribution in [0.3, 0.4) is 0 Å². The molecule has 1 saturated carbocycles. The smallest absolute Gasteiger partial charge is 0.186 e. The number of thiazole rings is 1. The predicted molar refractivity (Wildman–Crippen MR) is 77.5 cm³/mol. The van der Waals surface area contributed by atoms with Gasteiger partial charge in [-0.1, -0.05) is 18.3 Å². The Bertz CT molecular complexity index is 411. The van der Waals surface area contributed by atoms with Crippen molar-refractivity contribution in [3.8, 4) is 0 Å². The second kappa shape index (κ2) is 5.17. The summed E-state index contributed by atoms with van der Waals surface area (Å²) >= 11 is 1.94. The summed E-state index contributed by atoms with van der Waals surface area (Å²) in [5.41, 5.74) is 1.37. The molecule has 0 saturated heterocycles. The van der Waals surface area contributed by atoms with Crippen LogP contribution in [0.25, 0.3) is 0 Å². The molecule has 1 aromatic heterocycles. The van der Waals surface area contributed by atoms with E-state index in [0.717, 1.165) is 19.1 Å². The molecule has 0 radical (unpaired) electrons. The Labute approximate surface area is 114 Å². The number of aryl methyl sites for hydroxylation is 1. The first-order valence-corrected chi connectivity index (χ1v) is 8.14. The van der Waals surface area contributed by atoms with Gasteiger partial charge in [0.05, 0.1) is 5.69 Å². The third-order valence-corrected chi connectivity index (χ3v) is 5.21. The van der Waals surface area contributed by atoms with Gasteiger partial charge in [0.2, 0.25) is 0 Å². The lowest BCUT2D eigenvalue weighted by molar-refractivity contribution is 0.476. The van der Waals surface area contributed by atoms with Crippen molar-refractivity contribution in [1.82, 2.24) is 10.3 Å². The summed E-state index contributed by atoms with van der Waals surface area (Å²) in [4.78, 5) is 8.94. The standard InChI is InChI=1S/C14H23N3S/c1-3-15-11-6-5-7-12-13(11)18-14(16-12)17(4-2)10-8-9-10/h10-11,15H,3-9H2,1-2H3. The molecule has 1 atom stereocenters. The van der Waals surface area contributed by atoms with Crippen LogP contribution in [0.1, 0.15) is 56.1 Å². The van der Waals surface area contributed by atoms with Crippen molar-refractivity contribution in [1.29, 1.82) is 0 Å². The third-order valence-electron chi connectivity index (χ3n) is 3.96. The first kappa shape index (κ1) is 12.4. The summed E-state index contributed by atoms with van der Waals surface area (Å²) < 4.78 is 0. The van der Waals surface area contributed by atoms with Crippen molar-refractivity contribution in [3.63, 3.8) is 0 Å². The molecule has 1 N–H and O–H groups in total. The summed E-state index contributed by atoms with van der Waals surface area (Å²) in [6, 6.07) is 1.34. The van der Waals surface area contributed by atoms with Gasteiger partial charge in [0.15, 0.2) is 5.13 Å². The topological polar surface area (TPSA) is 28.2 Å². The molecule has 1 heterocycles. The predicted octanol–water partition coefficient (Wildman–Crippen LogP) is 3.12. The molecule has 18 heavy (non-hydrogen) atoms. The summed E-state index contributed by atoms with van der Waals surface area (Å²) in [5, 5.41) is 4.88. The highest BCUT2D eigenvalue weighted by molar-refractivity contribution is 7.15. The number of anilines is 1. The van der Waals surface area contributed by atoms with Crippen LogP contribution in [0.15, 0.2) is 0 Å². The van der Waals surface area contributed by atoms with Gasteiger partial charge in [0, 0.05) is 23.5 Å². The molecule has 4 heteroatoms. The number of rotatable bonds is 5. The molecular weight excluding hydrogens is 242 g/mol. The first-order chi connectivity index (χ1) is 8.83. The molecular formula is C14H23N3S. The van der Waals surface area contributed by atoms with Gasteiger partial charge in [-0.15, -0.1) is 0 Å². The maximum Gasteiger partial charge on any atom is 0.186 e. The molecule has 0 bridgehead atoms. The van der Waals surface area contributed by atoms with Crippen LogP contribution >= 0.6 is 11.3 Å². The van der Waals surface area contributed by atoms with Gasteiger partial charge < -0.3 is 10.2 Å². The largest absolute Gasteiger partial charge is 0.345 e. The number of hydrogen-bond acceptors (Lipinski definition) is 4. The van der Waals surface area contributed by atoms with E-state index >= 15 is 0 Å². The number of fused-ring (bicyclic) bond motifs is 1. The monoisotopic (exact) mass is 265 g/mol. The lowest BCUT2D eigenvalue weighted by Crippen LogP contribution is -2.24. The number of aromatic nitrogens is 1. The number of hydrogen-bond donors (Lipinski definition) is 1. The molecule has 2 aliphatic carbocycles. The molecule has 0 aliphatic heterocycles. The zero-order valence-electron chi connectivity index (χ0n) is 11.4. The minimum absolute atomic E-state index is 0.558. The second-order valence-electron chi connectivity index (χ2n) is 5.33. The molecule has 0 spiro atoms. The molecule has 1 unspecified atom stereocenters. The maximum absolute atomic E-state index is 4.92. The second-order valence-corrected chi connectivity index (χ2v) is 6.34. The van der Waals surface area contributed by atoms with Gasteiger partial charge in [-0.25, -0.2) is 4.98 Å². The van der Waals surface area contributed by atoms with Gasteiger partial charge in [0.25, 0.3) is 0 Å². The third kappa shape index (κ3) is 2.28. The van der Waals surface area contributed by atoms with Crippen molar-refractivity contribution >= 4 is 16.5 Å². The fourth-order valence-corrected chi connectivity index (χ4v) is 4.26. The lowest BCUT2D eigenvalue weighted by Gasteiger charge is -2.21. The quantitative estimate of drug-likeness (QED) is 0.886. The highest BCUT2D eigenvalue weighted by Gasteiger charge is 2.32. The van der Waals surface area contributed by atoms with Crippen LogP contribution in [-0.4, -0.2) is 24.1 Å². The summed E-state index contributed by atoms with van der Waals surface area (Å²) in [6.07, 6.45) is 6.45. The van der Waals surface area contributed by atoms with Gasteiger partial charge in [-0.3, -0.25) is 0 Å². The van der Waals surface area contributed by atoms with Crippen molar-refractivity contribution in [2.24, 2.45) is 0 Å². The van der Waals surface area contributed by atoms with E-state index < -0.39 is 0 Å². The fraction of sp³-hybridized carbons (Fsp3) is 0.786. The van der Waals surface area contributed by atoms with Gasteiger partial charge in [-0.05, 0) is 45.6 Å². The minimum atomic E-state index is 0.558. The number of nitrogens with zero attached hydrogens (tertiary/aromatic N) is 2. The van der Waals surface area contributed by atoms with Crippen molar-refractivity contribution in [3.05, 3.63) is 10.6 Å². The molecule has 1 fully saturated rings. The molecule has 0 aromatic carbocycles. The van der Waals surface area contributed by atoms with E-state index in [1.807, 2.05) is 11.3 Å².